The lowest BCUT2D eigenvalue weighted by atomic mass is 10.2. The van der Waals surface area contributed by atoms with Crippen molar-refractivity contribution in [3.63, 3.8) is 0 Å². The zero-order valence-electron chi connectivity index (χ0n) is 13.6. The Morgan fingerprint density at radius 2 is 2.35 bits per heavy atom. The van der Waals surface area contributed by atoms with Crippen LogP contribution in [0.3, 0.4) is 0 Å². The number of hydrogen-bond donors (Lipinski definition) is 0. The van der Waals surface area contributed by atoms with Crippen LogP contribution in [-0.4, -0.2) is 60.5 Å². The lowest BCUT2D eigenvalue weighted by Crippen LogP contribution is -2.48. The number of rotatable bonds is 7. The molecule has 2 aromatic rings. The predicted molar refractivity (Wildman–Crippen MR) is 94.1 cm³/mol. The number of hydrogen-bond acceptors (Lipinski definition) is 6. The highest BCUT2D eigenvalue weighted by Gasteiger charge is 2.22. The predicted octanol–water partition coefficient (Wildman–Crippen LogP) is 2.31. The summed E-state index contributed by atoms with van der Waals surface area (Å²) in [5.41, 5.74) is 0. The topological polar surface area (TPSA) is 41.5 Å². The van der Waals surface area contributed by atoms with E-state index in [9.17, 15) is 0 Å². The highest BCUT2D eigenvalue weighted by molar-refractivity contribution is 7.09. The van der Waals surface area contributed by atoms with Crippen molar-refractivity contribution in [3.8, 4) is 0 Å². The van der Waals surface area contributed by atoms with Crippen molar-refractivity contribution in [3.05, 3.63) is 40.7 Å². The minimum atomic E-state index is 0.231. The van der Waals surface area contributed by atoms with Gasteiger partial charge in [-0.05, 0) is 36.9 Å². The van der Waals surface area contributed by atoms with Crippen LogP contribution in [0.2, 0.25) is 0 Å². The average Bonchev–Trinajstić information content (AvgIpc) is 3.12. The van der Waals surface area contributed by atoms with Gasteiger partial charge in [-0.2, -0.15) is 5.10 Å². The van der Waals surface area contributed by atoms with Gasteiger partial charge in [-0.3, -0.25) is 4.90 Å². The minimum absolute atomic E-state index is 0.231. The quantitative estimate of drug-likeness (QED) is 0.778. The smallest absolute Gasteiger partial charge is 0.151 e. The summed E-state index contributed by atoms with van der Waals surface area (Å²) >= 11 is 1.84. The Bertz CT molecular complexity index is 563. The van der Waals surface area contributed by atoms with Crippen molar-refractivity contribution in [1.29, 1.82) is 0 Å². The Kier molecular flexibility index (Phi) is 5.96. The molecule has 5 nitrogen and oxygen atoms in total. The molecule has 0 radical (unpaired) electrons. The fourth-order valence-corrected chi connectivity index (χ4v) is 3.61. The molecule has 0 aromatic carbocycles. The van der Waals surface area contributed by atoms with Gasteiger partial charge >= 0.3 is 0 Å². The van der Waals surface area contributed by atoms with Crippen molar-refractivity contribution in [2.24, 2.45) is 0 Å². The molecule has 0 spiro atoms. The molecule has 1 aliphatic heterocycles. The third-order valence-corrected chi connectivity index (χ3v) is 5.10. The van der Waals surface area contributed by atoms with Crippen molar-refractivity contribution in [2.45, 2.75) is 19.4 Å². The average molecular weight is 332 g/mol. The number of nitrogens with zero attached hydrogens (tertiary/aromatic N) is 4. The molecule has 0 bridgehead atoms. The Morgan fingerprint density at radius 3 is 3.09 bits per heavy atom. The van der Waals surface area contributed by atoms with Gasteiger partial charge in [-0.25, -0.2) is 0 Å². The molecule has 1 fully saturated rings. The number of aromatic nitrogens is 2. The maximum absolute atomic E-state index is 5.97. The van der Waals surface area contributed by atoms with Gasteiger partial charge in [0.05, 0.1) is 12.7 Å². The highest BCUT2D eigenvalue weighted by Crippen LogP contribution is 2.14. The van der Waals surface area contributed by atoms with Crippen molar-refractivity contribution >= 4 is 17.2 Å². The summed E-state index contributed by atoms with van der Waals surface area (Å²) in [4.78, 5) is 6.21. The highest BCUT2D eigenvalue weighted by atomic mass is 32.1. The summed E-state index contributed by atoms with van der Waals surface area (Å²) < 4.78 is 5.97. The molecule has 1 aliphatic rings. The SMILES string of the molecule is CCN(CC1CN(CCc2cccs2)CCO1)c1cccnn1. The molecule has 2 aromatic heterocycles. The zero-order chi connectivity index (χ0) is 15.9. The summed E-state index contributed by atoms with van der Waals surface area (Å²) in [5, 5.41) is 10.3. The minimum Gasteiger partial charge on any atom is -0.374 e. The van der Waals surface area contributed by atoms with E-state index in [0.29, 0.717) is 0 Å². The summed E-state index contributed by atoms with van der Waals surface area (Å²) in [6, 6.07) is 8.28. The fourth-order valence-electron chi connectivity index (χ4n) is 2.91. The first-order chi connectivity index (χ1) is 11.3. The van der Waals surface area contributed by atoms with Crippen LogP contribution in [0.5, 0.6) is 0 Å². The van der Waals surface area contributed by atoms with Crippen LogP contribution in [0, 0.1) is 0 Å². The second-order valence-corrected chi connectivity index (χ2v) is 6.78. The molecular weight excluding hydrogens is 308 g/mol. The molecule has 0 saturated carbocycles. The van der Waals surface area contributed by atoms with E-state index in [1.807, 2.05) is 23.5 Å². The molecule has 1 atom stereocenters. The molecule has 0 N–H and O–H groups in total. The molecule has 124 valence electrons. The molecular formula is C17H24N4OS. The first kappa shape index (κ1) is 16.4. The monoisotopic (exact) mass is 332 g/mol. The van der Waals surface area contributed by atoms with E-state index in [-0.39, 0.29) is 6.10 Å². The Labute approximate surface area is 141 Å². The number of likely N-dealkylation sites (N-methyl/N-ethyl adjacent to an activating group) is 1. The van der Waals surface area contributed by atoms with Gasteiger partial charge in [-0.15, -0.1) is 16.4 Å². The summed E-state index contributed by atoms with van der Waals surface area (Å²) in [5.74, 6) is 0.925. The van der Waals surface area contributed by atoms with Gasteiger partial charge in [0.25, 0.3) is 0 Å². The van der Waals surface area contributed by atoms with Crippen LogP contribution in [0.15, 0.2) is 35.8 Å². The number of thiophene rings is 1. The second-order valence-electron chi connectivity index (χ2n) is 5.74. The number of anilines is 1. The zero-order valence-corrected chi connectivity index (χ0v) is 14.4. The Morgan fingerprint density at radius 1 is 1.39 bits per heavy atom. The van der Waals surface area contributed by atoms with Crippen molar-refractivity contribution < 1.29 is 4.74 Å². The summed E-state index contributed by atoms with van der Waals surface area (Å²) in [6.07, 6.45) is 3.07. The third-order valence-electron chi connectivity index (χ3n) is 4.17. The van der Waals surface area contributed by atoms with E-state index in [1.165, 1.54) is 4.88 Å². The van der Waals surface area contributed by atoms with E-state index in [4.69, 9.17) is 4.74 Å². The first-order valence-electron chi connectivity index (χ1n) is 8.24. The van der Waals surface area contributed by atoms with Gasteiger partial charge in [0.2, 0.25) is 0 Å². The molecule has 0 amide bonds. The maximum atomic E-state index is 5.97. The summed E-state index contributed by atoms with van der Waals surface area (Å²) in [6.45, 7) is 7.86. The van der Waals surface area contributed by atoms with Crippen LogP contribution in [0.1, 0.15) is 11.8 Å². The van der Waals surface area contributed by atoms with Crippen LogP contribution in [-0.2, 0) is 11.2 Å². The standard InChI is InChI=1S/C17H24N4OS/c1-2-21(17-6-3-8-18-19-17)14-15-13-20(10-11-22-15)9-7-16-5-4-12-23-16/h3-6,8,12,15H,2,7,9-11,13-14H2,1H3. The Hall–Kier alpha value is -1.50. The van der Waals surface area contributed by atoms with Crippen molar-refractivity contribution in [1.82, 2.24) is 15.1 Å². The molecule has 3 heterocycles. The van der Waals surface area contributed by atoms with Gasteiger partial charge in [0.15, 0.2) is 5.82 Å². The van der Waals surface area contributed by atoms with Gasteiger partial charge < -0.3 is 9.64 Å². The van der Waals surface area contributed by atoms with Gasteiger partial charge in [-0.1, -0.05) is 6.07 Å². The molecule has 0 aliphatic carbocycles. The largest absolute Gasteiger partial charge is 0.374 e. The van der Waals surface area contributed by atoms with Crippen molar-refractivity contribution in [2.75, 3.05) is 44.2 Å². The van der Waals surface area contributed by atoms with E-state index in [0.717, 1.165) is 51.6 Å². The van der Waals surface area contributed by atoms with Crippen LogP contribution in [0.4, 0.5) is 5.82 Å². The van der Waals surface area contributed by atoms with Crippen LogP contribution < -0.4 is 4.90 Å². The van der Waals surface area contributed by atoms with Gasteiger partial charge in [0, 0.05) is 43.8 Å². The lowest BCUT2D eigenvalue weighted by molar-refractivity contribution is -0.0234. The Balaban J connectivity index is 1.51. The van der Waals surface area contributed by atoms with E-state index < -0.39 is 0 Å². The second kappa shape index (κ2) is 8.38. The molecule has 23 heavy (non-hydrogen) atoms. The lowest BCUT2D eigenvalue weighted by Gasteiger charge is -2.35. The van der Waals surface area contributed by atoms with E-state index >= 15 is 0 Å². The maximum Gasteiger partial charge on any atom is 0.151 e. The van der Waals surface area contributed by atoms with Crippen LogP contribution in [0.25, 0.3) is 0 Å². The number of morpholine rings is 1. The molecule has 3 rings (SSSR count). The fraction of sp³-hybridized carbons (Fsp3) is 0.529. The van der Waals surface area contributed by atoms with Gasteiger partial charge in [0.1, 0.15) is 0 Å². The normalized spacial score (nSPS) is 18.9. The number of ether oxygens (including phenoxy) is 1. The molecule has 1 saturated heterocycles. The van der Waals surface area contributed by atoms with E-state index in [2.05, 4.69) is 44.4 Å². The molecule has 1 unspecified atom stereocenters. The van der Waals surface area contributed by atoms with E-state index in [1.54, 1.807) is 6.20 Å². The third kappa shape index (κ3) is 4.73. The molecule has 6 heteroatoms. The first-order valence-corrected chi connectivity index (χ1v) is 9.12. The van der Waals surface area contributed by atoms with Crippen LogP contribution >= 0.6 is 11.3 Å². The summed E-state index contributed by atoms with van der Waals surface area (Å²) in [7, 11) is 0.